The number of hydrogen-bond donors (Lipinski definition) is 2. The molecule has 0 aliphatic heterocycles. The highest BCUT2D eigenvalue weighted by atomic mass is 19.3. The molecule has 0 bridgehead atoms. The minimum atomic E-state index is -2.90. The van der Waals surface area contributed by atoms with E-state index in [1.54, 1.807) is 24.3 Å². The van der Waals surface area contributed by atoms with E-state index in [0.717, 1.165) is 11.3 Å². The number of alkyl halides is 2. The lowest BCUT2D eigenvalue weighted by Crippen LogP contribution is -2.07. The van der Waals surface area contributed by atoms with Crippen LogP contribution < -0.4 is 20.1 Å². The van der Waals surface area contributed by atoms with Crippen LogP contribution in [0.1, 0.15) is 12.5 Å². The molecule has 24 heavy (non-hydrogen) atoms. The number of anilines is 2. The van der Waals surface area contributed by atoms with E-state index in [-0.39, 0.29) is 17.4 Å². The Labute approximate surface area is 138 Å². The van der Waals surface area contributed by atoms with E-state index in [9.17, 15) is 13.6 Å². The number of benzene rings is 2. The quantitative estimate of drug-likeness (QED) is 0.806. The zero-order valence-electron chi connectivity index (χ0n) is 13.3. The molecule has 128 valence electrons. The van der Waals surface area contributed by atoms with Crippen molar-refractivity contribution in [2.75, 3.05) is 17.7 Å². The molecule has 0 radical (unpaired) electrons. The number of halogens is 2. The minimum Gasteiger partial charge on any atom is -0.493 e. The van der Waals surface area contributed by atoms with Gasteiger partial charge in [0.05, 0.1) is 7.11 Å². The summed E-state index contributed by atoms with van der Waals surface area (Å²) in [5.41, 5.74) is 2.33. The first-order valence-electron chi connectivity index (χ1n) is 7.21. The van der Waals surface area contributed by atoms with Gasteiger partial charge in [0.1, 0.15) is 0 Å². The summed E-state index contributed by atoms with van der Waals surface area (Å²) in [5, 5.41) is 5.89. The molecule has 2 aromatic rings. The molecule has 0 fully saturated rings. The molecule has 1 amide bonds. The number of amides is 1. The maximum atomic E-state index is 12.3. The van der Waals surface area contributed by atoms with Gasteiger partial charge in [-0.15, -0.1) is 0 Å². The number of nitrogens with one attached hydrogen (secondary N) is 2. The number of carbonyl (C=O) groups excluding carboxylic acids is 1. The lowest BCUT2D eigenvalue weighted by atomic mass is 10.2. The van der Waals surface area contributed by atoms with Crippen molar-refractivity contribution >= 4 is 17.3 Å². The molecular weight excluding hydrogens is 318 g/mol. The van der Waals surface area contributed by atoms with Gasteiger partial charge in [-0.1, -0.05) is 12.1 Å². The first-order valence-corrected chi connectivity index (χ1v) is 7.21. The molecule has 0 atom stereocenters. The fraction of sp³-hybridized carbons (Fsp3) is 0.235. The van der Waals surface area contributed by atoms with Gasteiger partial charge in [-0.2, -0.15) is 8.78 Å². The molecule has 0 aliphatic rings. The van der Waals surface area contributed by atoms with Crippen molar-refractivity contribution in [3.8, 4) is 11.5 Å². The van der Waals surface area contributed by atoms with Crippen molar-refractivity contribution in [3.63, 3.8) is 0 Å². The smallest absolute Gasteiger partial charge is 0.387 e. The summed E-state index contributed by atoms with van der Waals surface area (Å²) in [5.74, 6) is 0.0806. The highest BCUT2D eigenvalue weighted by molar-refractivity contribution is 5.89. The summed E-state index contributed by atoms with van der Waals surface area (Å²) in [7, 11) is 1.39. The maximum absolute atomic E-state index is 12.3. The van der Waals surface area contributed by atoms with E-state index in [2.05, 4.69) is 15.4 Å². The molecule has 2 aromatic carbocycles. The second-order valence-corrected chi connectivity index (χ2v) is 4.98. The number of hydrogen-bond acceptors (Lipinski definition) is 4. The van der Waals surface area contributed by atoms with Crippen LogP contribution in [0.3, 0.4) is 0 Å². The monoisotopic (exact) mass is 336 g/mol. The van der Waals surface area contributed by atoms with Crippen molar-refractivity contribution in [1.29, 1.82) is 0 Å². The zero-order valence-corrected chi connectivity index (χ0v) is 13.3. The average Bonchev–Trinajstić information content (AvgIpc) is 2.53. The van der Waals surface area contributed by atoms with E-state index >= 15 is 0 Å². The van der Waals surface area contributed by atoms with Crippen LogP contribution in [0.4, 0.5) is 20.2 Å². The Morgan fingerprint density at radius 3 is 2.54 bits per heavy atom. The number of carbonyl (C=O) groups is 1. The molecule has 2 rings (SSSR count). The van der Waals surface area contributed by atoms with E-state index in [4.69, 9.17) is 4.74 Å². The van der Waals surface area contributed by atoms with Gasteiger partial charge in [0.15, 0.2) is 11.5 Å². The zero-order chi connectivity index (χ0) is 17.5. The van der Waals surface area contributed by atoms with Gasteiger partial charge in [-0.25, -0.2) is 0 Å². The molecule has 7 heteroatoms. The summed E-state index contributed by atoms with van der Waals surface area (Å²) >= 11 is 0. The van der Waals surface area contributed by atoms with Crippen LogP contribution in [0.5, 0.6) is 11.5 Å². The lowest BCUT2D eigenvalue weighted by Gasteiger charge is -2.13. The molecule has 0 aliphatic carbocycles. The minimum absolute atomic E-state index is 0.0103. The molecule has 5 nitrogen and oxygen atoms in total. The lowest BCUT2D eigenvalue weighted by molar-refractivity contribution is -0.114. The second kappa shape index (κ2) is 8.14. The molecule has 0 heterocycles. The highest BCUT2D eigenvalue weighted by Gasteiger charge is 2.11. The van der Waals surface area contributed by atoms with Crippen LogP contribution in [-0.4, -0.2) is 19.6 Å². The molecule has 0 spiro atoms. The normalized spacial score (nSPS) is 10.4. The summed E-state index contributed by atoms with van der Waals surface area (Å²) in [6, 6.07) is 12.0. The first-order chi connectivity index (χ1) is 11.5. The maximum Gasteiger partial charge on any atom is 0.387 e. The third kappa shape index (κ3) is 5.12. The Morgan fingerprint density at radius 1 is 1.12 bits per heavy atom. The van der Waals surface area contributed by atoms with E-state index in [0.29, 0.717) is 12.2 Å². The molecule has 0 unspecified atom stereocenters. The van der Waals surface area contributed by atoms with Crippen molar-refractivity contribution in [3.05, 3.63) is 48.0 Å². The summed E-state index contributed by atoms with van der Waals surface area (Å²) in [6.45, 7) is -1.01. The van der Waals surface area contributed by atoms with Crippen molar-refractivity contribution in [2.45, 2.75) is 20.1 Å². The van der Waals surface area contributed by atoms with Crippen LogP contribution in [-0.2, 0) is 11.3 Å². The molecule has 0 saturated carbocycles. The second-order valence-electron chi connectivity index (χ2n) is 4.98. The van der Waals surface area contributed by atoms with Crippen molar-refractivity contribution < 1.29 is 23.0 Å². The topological polar surface area (TPSA) is 59.6 Å². The molecular formula is C17H18F2N2O3. The Bertz CT molecular complexity index is 708. The van der Waals surface area contributed by atoms with Gasteiger partial charge in [0, 0.05) is 24.8 Å². The largest absolute Gasteiger partial charge is 0.493 e. The van der Waals surface area contributed by atoms with Gasteiger partial charge >= 0.3 is 6.61 Å². The Balaban J connectivity index is 2.05. The molecule has 2 N–H and O–H groups in total. The average molecular weight is 336 g/mol. The Morgan fingerprint density at radius 2 is 1.88 bits per heavy atom. The van der Waals surface area contributed by atoms with Crippen LogP contribution in [0, 0.1) is 0 Å². The number of rotatable bonds is 7. The Hall–Kier alpha value is -2.83. The number of methoxy groups -OCH3 is 1. The summed E-state index contributed by atoms with van der Waals surface area (Å²) in [4.78, 5) is 11.1. The van der Waals surface area contributed by atoms with Crippen molar-refractivity contribution in [2.24, 2.45) is 0 Å². The first kappa shape index (κ1) is 17.5. The fourth-order valence-corrected chi connectivity index (χ4v) is 2.13. The van der Waals surface area contributed by atoms with E-state index < -0.39 is 6.61 Å². The van der Waals surface area contributed by atoms with Crippen molar-refractivity contribution in [1.82, 2.24) is 0 Å². The summed E-state index contributed by atoms with van der Waals surface area (Å²) in [6.07, 6.45) is 0. The van der Waals surface area contributed by atoms with E-state index in [1.807, 2.05) is 12.1 Å². The third-order valence-corrected chi connectivity index (χ3v) is 3.12. The molecule has 0 saturated heterocycles. The van der Waals surface area contributed by atoms with Crippen LogP contribution >= 0.6 is 0 Å². The van der Waals surface area contributed by atoms with Gasteiger partial charge in [0.25, 0.3) is 0 Å². The van der Waals surface area contributed by atoms with E-state index in [1.165, 1.54) is 20.1 Å². The SMILES string of the molecule is COc1cc(CNc2cccc(NC(C)=O)c2)ccc1OC(F)F. The fourth-order valence-electron chi connectivity index (χ4n) is 2.13. The van der Waals surface area contributed by atoms with Gasteiger partial charge in [-0.05, 0) is 35.9 Å². The van der Waals surface area contributed by atoms with Crippen LogP contribution in [0.2, 0.25) is 0 Å². The predicted octanol–water partition coefficient (Wildman–Crippen LogP) is 3.87. The molecule has 0 aromatic heterocycles. The van der Waals surface area contributed by atoms with Crippen LogP contribution in [0.25, 0.3) is 0 Å². The summed E-state index contributed by atoms with van der Waals surface area (Å²) < 4.78 is 34.1. The Kier molecular flexibility index (Phi) is 5.95. The van der Waals surface area contributed by atoms with Gasteiger partial charge in [0.2, 0.25) is 5.91 Å². The van der Waals surface area contributed by atoms with Gasteiger partial charge < -0.3 is 20.1 Å². The highest BCUT2D eigenvalue weighted by Crippen LogP contribution is 2.29. The number of ether oxygens (including phenoxy) is 2. The van der Waals surface area contributed by atoms with Crippen LogP contribution in [0.15, 0.2) is 42.5 Å². The third-order valence-electron chi connectivity index (χ3n) is 3.12. The predicted molar refractivity (Wildman–Crippen MR) is 87.7 cm³/mol. The standard InChI is InChI=1S/C17H18F2N2O3/c1-11(22)21-14-5-3-4-13(9-14)20-10-12-6-7-15(24-17(18)19)16(8-12)23-2/h3-9,17,20H,10H2,1-2H3,(H,21,22). The van der Waals surface area contributed by atoms with Gasteiger partial charge in [-0.3, -0.25) is 4.79 Å².